The van der Waals surface area contributed by atoms with E-state index >= 15 is 0 Å². The predicted octanol–water partition coefficient (Wildman–Crippen LogP) is 4.21. The zero-order valence-electron chi connectivity index (χ0n) is 11.6. The number of aromatic nitrogens is 1. The van der Waals surface area contributed by atoms with Crippen molar-refractivity contribution in [1.29, 1.82) is 0 Å². The first-order valence-electron chi connectivity index (χ1n) is 6.50. The summed E-state index contributed by atoms with van der Waals surface area (Å²) >= 11 is 6.11. The van der Waals surface area contributed by atoms with E-state index in [9.17, 15) is 0 Å². The van der Waals surface area contributed by atoms with Crippen LogP contribution in [0.4, 0.5) is 0 Å². The molecular formula is C16H19ClN2. The SMILES string of the molecule is Cc1cncc(-c2ccc(Cl)cc2CNC(C)C)c1. The average molecular weight is 275 g/mol. The molecule has 0 radical (unpaired) electrons. The Bertz CT molecular complexity index is 564. The quantitative estimate of drug-likeness (QED) is 0.903. The largest absolute Gasteiger partial charge is 0.310 e. The average Bonchev–Trinajstić information content (AvgIpc) is 2.36. The molecule has 1 N–H and O–H groups in total. The molecule has 2 aromatic rings. The summed E-state index contributed by atoms with van der Waals surface area (Å²) in [5.74, 6) is 0. The standard InChI is InChI=1S/C16H19ClN2/c1-11(2)19-10-14-7-15(17)4-5-16(14)13-6-12(3)8-18-9-13/h4-9,11,19H,10H2,1-3H3. The van der Waals surface area contributed by atoms with Crippen molar-refractivity contribution in [3.8, 4) is 11.1 Å². The van der Waals surface area contributed by atoms with E-state index in [2.05, 4.69) is 43.2 Å². The van der Waals surface area contributed by atoms with Gasteiger partial charge in [0.2, 0.25) is 0 Å². The summed E-state index contributed by atoms with van der Waals surface area (Å²) in [7, 11) is 0. The summed E-state index contributed by atoms with van der Waals surface area (Å²) in [5.41, 5.74) is 4.69. The van der Waals surface area contributed by atoms with Gasteiger partial charge in [0, 0.05) is 35.6 Å². The lowest BCUT2D eigenvalue weighted by Crippen LogP contribution is -2.22. The molecule has 1 heterocycles. The molecule has 2 nitrogen and oxygen atoms in total. The molecule has 19 heavy (non-hydrogen) atoms. The fourth-order valence-corrected chi connectivity index (χ4v) is 2.20. The Balaban J connectivity index is 2.38. The Morgan fingerprint density at radius 1 is 1.21 bits per heavy atom. The zero-order valence-corrected chi connectivity index (χ0v) is 12.3. The highest BCUT2D eigenvalue weighted by Crippen LogP contribution is 2.26. The molecule has 0 atom stereocenters. The van der Waals surface area contributed by atoms with Gasteiger partial charge in [-0.2, -0.15) is 0 Å². The molecule has 0 aliphatic rings. The van der Waals surface area contributed by atoms with Gasteiger partial charge in [-0.25, -0.2) is 0 Å². The van der Waals surface area contributed by atoms with Crippen LogP contribution in [0, 0.1) is 6.92 Å². The van der Waals surface area contributed by atoms with Crippen LogP contribution in [0.2, 0.25) is 5.02 Å². The second-order valence-electron chi connectivity index (χ2n) is 5.09. The topological polar surface area (TPSA) is 24.9 Å². The molecule has 0 amide bonds. The maximum Gasteiger partial charge on any atom is 0.0409 e. The number of nitrogens with one attached hydrogen (secondary N) is 1. The molecule has 2 rings (SSSR count). The third-order valence-electron chi connectivity index (χ3n) is 2.95. The Kier molecular flexibility index (Phi) is 4.56. The molecule has 0 bridgehead atoms. The Morgan fingerprint density at radius 3 is 2.68 bits per heavy atom. The van der Waals surface area contributed by atoms with E-state index < -0.39 is 0 Å². The van der Waals surface area contributed by atoms with Gasteiger partial charge in [-0.05, 0) is 41.8 Å². The highest BCUT2D eigenvalue weighted by molar-refractivity contribution is 6.30. The first-order valence-corrected chi connectivity index (χ1v) is 6.88. The van der Waals surface area contributed by atoms with Gasteiger partial charge >= 0.3 is 0 Å². The van der Waals surface area contributed by atoms with Crippen LogP contribution in [0.25, 0.3) is 11.1 Å². The van der Waals surface area contributed by atoms with Gasteiger partial charge in [-0.3, -0.25) is 4.98 Å². The van der Waals surface area contributed by atoms with Crippen LogP contribution in [0.3, 0.4) is 0 Å². The van der Waals surface area contributed by atoms with E-state index in [1.807, 2.05) is 24.5 Å². The Morgan fingerprint density at radius 2 is 2.00 bits per heavy atom. The van der Waals surface area contributed by atoms with E-state index in [4.69, 9.17) is 11.6 Å². The van der Waals surface area contributed by atoms with E-state index in [0.717, 1.165) is 22.7 Å². The molecule has 1 aromatic heterocycles. The van der Waals surface area contributed by atoms with Crippen molar-refractivity contribution in [1.82, 2.24) is 10.3 Å². The lowest BCUT2D eigenvalue weighted by molar-refractivity contribution is 0.589. The van der Waals surface area contributed by atoms with Crippen molar-refractivity contribution in [3.63, 3.8) is 0 Å². The van der Waals surface area contributed by atoms with E-state index in [1.165, 1.54) is 11.1 Å². The lowest BCUT2D eigenvalue weighted by atomic mass is 10.00. The van der Waals surface area contributed by atoms with Gasteiger partial charge in [-0.15, -0.1) is 0 Å². The molecule has 0 unspecified atom stereocenters. The predicted molar refractivity (Wildman–Crippen MR) is 81.4 cm³/mol. The maximum atomic E-state index is 6.11. The van der Waals surface area contributed by atoms with Crippen molar-refractivity contribution >= 4 is 11.6 Å². The Hall–Kier alpha value is -1.38. The van der Waals surface area contributed by atoms with E-state index in [1.54, 1.807) is 0 Å². The molecule has 0 spiro atoms. The van der Waals surface area contributed by atoms with Crippen molar-refractivity contribution in [3.05, 3.63) is 52.8 Å². The fraction of sp³-hybridized carbons (Fsp3) is 0.312. The van der Waals surface area contributed by atoms with Gasteiger partial charge in [0.1, 0.15) is 0 Å². The van der Waals surface area contributed by atoms with Gasteiger partial charge in [-0.1, -0.05) is 31.5 Å². The number of nitrogens with zero attached hydrogens (tertiary/aromatic N) is 1. The molecule has 1 aromatic carbocycles. The smallest absolute Gasteiger partial charge is 0.0409 e. The molecule has 0 fully saturated rings. The highest BCUT2D eigenvalue weighted by Gasteiger charge is 2.07. The molecular weight excluding hydrogens is 256 g/mol. The van der Waals surface area contributed by atoms with Crippen molar-refractivity contribution in [2.45, 2.75) is 33.4 Å². The number of hydrogen-bond acceptors (Lipinski definition) is 2. The minimum absolute atomic E-state index is 0.447. The summed E-state index contributed by atoms with van der Waals surface area (Å²) < 4.78 is 0. The minimum atomic E-state index is 0.447. The number of pyridine rings is 1. The number of rotatable bonds is 4. The first-order chi connectivity index (χ1) is 9.06. The molecule has 0 aliphatic heterocycles. The van der Waals surface area contributed by atoms with Crippen LogP contribution in [0.5, 0.6) is 0 Å². The number of aryl methyl sites for hydroxylation is 1. The van der Waals surface area contributed by atoms with E-state index in [0.29, 0.717) is 6.04 Å². The lowest BCUT2D eigenvalue weighted by Gasteiger charge is -2.13. The third kappa shape index (κ3) is 3.79. The van der Waals surface area contributed by atoms with Crippen LogP contribution in [-0.4, -0.2) is 11.0 Å². The van der Waals surface area contributed by atoms with Crippen LogP contribution in [-0.2, 0) is 6.54 Å². The third-order valence-corrected chi connectivity index (χ3v) is 3.19. The summed E-state index contributed by atoms with van der Waals surface area (Å²) in [5, 5.41) is 4.20. The monoisotopic (exact) mass is 274 g/mol. The van der Waals surface area contributed by atoms with E-state index in [-0.39, 0.29) is 0 Å². The van der Waals surface area contributed by atoms with Gasteiger partial charge in [0.25, 0.3) is 0 Å². The van der Waals surface area contributed by atoms with Gasteiger partial charge in [0.05, 0.1) is 0 Å². The summed E-state index contributed by atoms with van der Waals surface area (Å²) in [6, 6.07) is 8.61. The molecule has 100 valence electrons. The normalized spacial score (nSPS) is 11.0. The second-order valence-corrected chi connectivity index (χ2v) is 5.52. The van der Waals surface area contributed by atoms with Crippen molar-refractivity contribution < 1.29 is 0 Å². The molecule has 0 aliphatic carbocycles. The van der Waals surface area contributed by atoms with Crippen LogP contribution in [0.15, 0.2) is 36.7 Å². The zero-order chi connectivity index (χ0) is 13.8. The maximum absolute atomic E-state index is 6.11. The second kappa shape index (κ2) is 6.18. The highest BCUT2D eigenvalue weighted by atomic mass is 35.5. The Labute approximate surface area is 119 Å². The van der Waals surface area contributed by atoms with Crippen molar-refractivity contribution in [2.75, 3.05) is 0 Å². The summed E-state index contributed by atoms with van der Waals surface area (Å²) in [6.45, 7) is 7.14. The van der Waals surface area contributed by atoms with Crippen LogP contribution < -0.4 is 5.32 Å². The minimum Gasteiger partial charge on any atom is -0.310 e. The van der Waals surface area contributed by atoms with Crippen molar-refractivity contribution in [2.24, 2.45) is 0 Å². The number of halogens is 1. The van der Waals surface area contributed by atoms with Crippen LogP contribution >= 0.6 is 11.6 Å². The summed E-state index contributed by atoms with van der Waals surface area (Å²) in [6.07, 6.45) is 3.76. The summed E-state index contributed by atoms with van der Waals surface area (Å²) in [4.78, 5) is 4.27. The van der Waals surface area contributed by atoms with Gasteiger partial charge < -0.3 is 5.32 Å². The molecule has 0 saturated heterocycles. The first kappa shape index (κ1) is 14.0. The molecule has 0 saturated carbocycles. The number of hydrogen-bond donors (Lipinski definition) is 1. The number of benzene rings is 1. The fourth-order valence-electron chi connectivity index (χ4n) is 2.01. The van der Waals surface area contributed by atoms with Crippen LogP contribution in [0.1, 0.15) is 25.0 Å². The van der Waals surface area contributed by atoms with Gasteiger partial charge in [0.15, 0.2) is 0 Å². The molecule has 3 heteroatoms.